The lowest BCUT2D eigenvalue weighted by Gasteiger charge is -2.22. The Labute approximate surface area is 94.6 Å². The van der Waals surface area contributed by atoms with Crippen LogP contribution in [0.25, 0.3) is 0 Å². The van der Waals surface area contributed by atoms with E-state index in [1.807, 2.05) is 0 Å². The maximum Gasteiger partial charge on any atom is 0.195 e. The van der Waals surface area contributed by atoms with Gasteiger partial charge in [0, 0.05) is 25.5 Å². The van der Waals surface area contributed by atoms with Gasteiger partial charge in [0.2, 0.25) is 0 Å². The monoisotopic (exact) mass is 227 g/mol. The lowest BCUT2D eigenvalue weighted by molar-refractivity contribution is 0.0479. The molecule has 1 fully saturated rings. The number of nitrogens with one attached hydrogen (secondary N) is 1. The summed E-state index contributed by atoms with van der Waals surface area (Å²) in [5.41, 5.74) is 0. The van der Waals surface area contributed by atoms with Crippen LogP contribution >= 0.6 is 12.2 Å². The Morgan fingerprint density at radius 2 is 2.53 bits per heavy atom. The van der Waals surface area contributed by atoms with Gasteiger partial charge in [0.1, 0.15) is 5.82 Å². The number of rotatable bonds is 3. The van der Waals surface area contributed by atoms with Crippen LogP contribution in [0, 0.1) is 10.7 Å². The van der Waals surface area contributed by atoms with E-state index in [1.54, 1.807) is 0 Å². The van der Waals surface area contributed by atoms with Crippen molar-refractivity contribution in [1.29, 1.82) is 0 Å². The zero-order chi connectivity index (χ0) is 10.7. The lowest BCUT2D eigenvalue weighted by atomic mass is 10.0. The van der Waals surface area contributed by atoms with Crippen LogP contribution in [0.2, 0.25) is 0 Å². The first-order chi connectivity index (χ1) is 7.31. The number of H-pyrrole nitrogens is 1. The van der Waals surface area contributed by atoms with Crippen molar-refractivity contribution in [3.63, 3.8) is 0 Å². The summed E-state index contributed by atoms with van der Waals surface area (Å²) in [5.74, 6) is 1.64. The van der Waals surface area contributed by atoms with Gasteiger partial charge in [0.15, 0.2) is 4.77 Å². The summed E-state index contributed by atoms with van der Waals surface area (Å²) in [7, 11) is 0. The Bertz CT molecular complexity index is 365. The lowest BCUT2D eigenvalue weighted by Crippen LogP contribution is -2.23. The quantitative estimate of drug-likeness (QED) is 0.802. The zero-order valence-corrected chi connectivity index (χ0v) is 9.85. The topological polar surface area (TPSA) is 42.8 Å². The number of nitrogens with zero attached hydrogens (tertiary/aromatic N) is 2. The molecule has 1 aromatic rings. The van der Waals surface area contributed by atoms with Gasteiger partial charge in [-0.15, -0.1) is 0 Å². The smallest absolute Gasteiger partial charge is 0.195 e. The van der Waals surface area contributed by atoms with Gasteiger partial charge in [-0.25, -0.2) is 0 Å². The SMILES string of the molecule is CCc1n[nH]c(=S)n1CC1CCCOC1. The Hall–Kier alpha value is -0.680. The van der Waals surface area contributed by atoms with Crippen LogP contribution in [0.3, 0.4) is 0 Å². The molecular weight excluding hydrogens is 210 g/mol. The van der Waals surface area contributed by atoms with E-state index in [4.69, 9.17) is 17.0 Å². The van der Waals surface area contributed by atoms with Crippen molar-refractivity contribution in [2.24, 2.45) is 5.92 Å². The number of aromatic nitrogens is 3. The maximum atomic E-state index is 5.47. The van der Waals surface area contributed by atoms with Crippen LogP contribution in [0.5, 0.6) is 0 Å². The molecule has 4 nitrogen and oxygen atoms in total. The molecule has 0 aliphatic carbocycles. The molecule has 0 saturated carbocycles. The molecule has 1 aliphatic heterocycles. The fourth-order valence-corrected chi connectivity index (χ4v) is 2.24. The minimum absolute atomic E-state index is 0.591. The molecule has 2 rings (SSSR count). The molecule has 1 N–H and O–H groups in total. The van der Waals surface area contributed by atoms with Crippen molar-refractivity contribution >= 4 is 12.2 Å². The minimum Gasteiger partial charge on any atom is -0.381 e. The van der Waals surface area contributed by atoms with E-state index in [0.29, 0.717) is 5.92 Å². The van der Waals surface area contributed by atoms with Crippen molar-refractivity contribution < 1.29 is 4.74 Å². The minimum atomic E-state index is 0.591. The summed E-state index contributed by atoms with van der Waals surface area (Å²) < 4.78 is 8.31. The van der Waals surface area contributed by atoms with E-state index in [9.17, 15) is 0 Å². The molecule has 0 spiro atoms. The van der Waals surface area contributed by atoms with Gasteiger partial charge in [-0.3, -0.25) is 5.10 Å². The summed E-state index contributed by atoms with van der Waals surface area (Å²) in [6.07, 6.45) is 3.31. The average Bonchev–Trinajstić information content (AvgIpc) is 2.62. The highest BCUT2D eigenvalue weighted by Crippen LogP contribution is 2.16. The molecule has 1 saturated heterocycles. The molecule has 84 valence electrons. The molecule has 1 atom stereocenters. The Balaban J connectivity index is 2.08. The second kappa shape index (κ2) is 4.90. The molecule has 5 heteroatoms. The van der Waals surface area contributed by atoms with Gasteiger partial charge in [-0.2, -0.15) is 5.10 Å². The van der Waals surface area contributed by atoms with Crippen LogP contribution in [0.1, 0.15) is 25.6 Å². The molecule has 0 bridgehead atoms. The summed E-state index contributed by atoms with van der Waals surface area (Å²) in [4.78, 5) is 0. The summed E-state index contributed by atoms with van der Waals surface area (Å²) in [5, 5.41) is 7.06. The van der Waals surface area contributed by atoms with Crippen molar-refractivity contribution in [2.45, 2.75) is 32.7 Å². The van der Waals surface area contributed by atoms with Crippen LogP contribution in [0.4, 0.5) is 0 Å². The van der Waals surface area contributed by atoms with Crippen molar-refractivity contribution in [3.05, 3.63) is 10.6 Å². The summed E-state index contributed by atoms with van der Waals surface area (Å²) in [6.45, 7) is 4.81. The largest absolute Gasteiger partial charge is 0.381 e. The highest BCUT2D eigenvalue weighted by Gasteiger charge is 2.16. The second-order valence-electron chi connectivity index (χ2n) is 3.99. The number of aryl methyl sites for hydroxylation is 1. The standard InChI is InChI=1S/C10H17N3OS/c1-2-9-11-12-10(15)13(9)6-8-4-3-5-14-7-8/h8H,2-7H2,1H3,(H,12,15). The van der Waals surface area contributed by atoms with E-state index < -0.39 is 0 Å². The van der Waals surface area contributed by atoms with Gasteiger partial charge in [0.25, 0.3) is 0 Å². The first kappa shape index (κ1) is 10.8. The Morgan fingerprint density at radius 1 is 1.67 bits per heavy atom. The molecule has 2 heterocycles. The van der Waals surface area contributed by atoms with E-state index in [1.165, 1.54) is 6.42 Å². The fraction of sp³-hybridized carbons (Fsp3) is 0.800. The van der Waals surface area contributed by atoms with Crippen molar-refractivity contribution in [3.8, 4) is 0 Å². The molecule has 1 aliphatic rings. The predicted molar refractivity (Wildman–Crippen MR) is 60.3 cm³/mol. The number of hydrogen-bond donors (Lipinski definition) is 1. The van der Waals surface area contributed by atoms with Gasteiger partial charge < -0.3 is 9.30 Å². The van der Waals surface area contributed by atoms with Crippen LogP contribution in [-0.4, -0.2) is 28.0 Å². The number of aromatic amines is 1. The number of hydrogen-bond acceptors (Lipinski definition) is 3. The third-order valence-corrected chi connectivity index (χ3v) is 3.16. The molecule has 15 heavy (non-hydrogen) atoms. The van der Waals surface area contributed by atoms with Gasteiger partial charge in [-0.1, -0.05) is 6.92 Å². The van der Waals surface area contributed by atoms with Crippen molar-refractivity contribution in [2.75, 3.05) is 13.2 Å². The second-order valence-corrected chi connectivity index (χ2v) is 4.38. The average molecular weight is 227 g/mol. The first-order valence-electron chi connectivity index (χ1n) is 5.53. The van der Waals surface area contributed by atoms with Gasteiger partial charge in [-0.05, 0) is 25.1 Å². The van der Waals surface area contributed by atoms with E-state index in [2.05, 4.69) is 21.7 Å². The number of ether oxygens (including phenoxy) is 1. The maximum absolute atomic E-state index is 5.47. The first-order valence-corrected chi connectivity index (χ1v) is 5.94. The van der Waals surface area contributed by atoms with Gasteiger partial charge >= 0.3 is 0 Å². The normalized spacial score (nSPS) is 21.8. The molecule has 0 aromatic carbocycles. The van der Waals surface area contributed by atoms with Gasteiger partial charge in [0.05, 0.1) is 6.61 Å². The van der Waals surface area contributed by atoms with Crippen LogP contribution in [-0.2, 0) is 17.7 Å². The molecule has 0 amide bonds. The highest BCUT2D eigenvalue weighted by atomic mass is 32.1. The molecule has 1 aromatic heterocycles. The molecule has 0 radical (unpaired) electrons. The van der Waals surface area contributed by atoms with E-state index >= 15 is 0 Å². The summed E-state index contributed by atoms with van der Waals surface area (Å²) in [6, 6.07) is 0. The Morgan fingerprint density at radius 3 is 3.20 bits per heavy atom. The fourth-order valence-electron chi connectivity index (χ4n) is 2.02. The highest BCUT2D eigenvalue weighted by molar-refractivity contribution is 7.71. The van der Waals surface area contributed by atoms with E-state index in [-0.39, 0.29) is 0 Å². The van der Waals surface area contributed by atoms with Crippen LogP contribution in [0.15, 0.2) is 0 Å². The third kappa shape index (κ3) is 2.46. The molecular formula is C10H17N3OS. The van der Waals surface area contributed by atoms with E-state index in [0.717, 1.165) is 43.2 Å². The van der Waals surface area contributed by atoms with Crippen molar-refractivity contribution in [1.82, 2.24) is 14.8 Å². The Kier molecular flexibility index (Phi) is 3.53. The zero-order valence-electron chi connectivity index (χ0n) is 9.03. The predicted octanol–water partition coefficient (Wildman–Crippen LogP) is 1.93. The molecule has 1 unspecified atom stereocenters. The van der Waals surface area contributed by atoms with Crippen LogP contribution < -0.4 is 0 Å². The third-order valence-electron chi connectivity index (χ3n) is 2.85. The summed E-state index contributed by atoms with van der Waals surface area (Å²) >= 11 is 5.21.